The van der Waals surface area contributed by atoms with Crippen LogP contribution in [-0.4, -0.2) is 105 Å². The highest BCUT2D eigenvalue weighted by molar-refractivity contribution is 5.77. The Morgan fingerprint density at radius 3 is 1.80 bits per heavy atom. The molecule has 6 heterocycles. The first-order valence-electron chi connectivity index (χ1n) is 20.5. The third kappa shape index (κ3) is 10.5. The number of anilines is 2. The van der Waals surface area contributed by atoms with E-state index in [0.29, 0.717) is 56.5 Å². The van der Waals surface area contributed by atoms with Crippen molar-refractivity contribution in [1.29, 1.82) is 0 Å². The molecule has 0 amide bonds. The van der Waals surface area contributed by atoms with Crippen molar-refractivity contribution in [3.05, 3.63) is 103 Å². The van der Waals surface area contributed by atoms with Crippen LogP contribution in [0.5, 0.6) is 23.0 Å². The first-order chi connectivity index (χ1) is 31.4. The second-order valence-corrected chi connectivity index (χ2v) is 16.5. The highest BCUT2D eigenvalue weighted by Crippen LogP contribution is 2.38. The summed E-state index contributed by atoms with van der Waals surface area (Å²) in [7, 11) is 9.37. The number of pyridine rings is 2. The lowest BCUT2D eigenvalue weighted by Crippen LogP contribution is -2.36. The van der Waals surface area contributed by atoms with Gasteiger partial charge in [0, 0.05) is 61.9 Å². The monoisotopic (exact) mass is 904 g/mol. The molecule has 18 nitrogen and oxygen atoms in total. The molecular weight excluding hydrogens is 855 g/mol. The molecule has 0 spiro atoms. The maximum atomic E-state index is 15.3. The van der Waals surface area contributed by atoms with Gasteiger partial charge in [-0.2, -0.15) is 10.2 Å². The quantitative estimate of drug-likeness (QED) is 0.127. The number of aromatic nitrogens is 10. The summed E-state index contributed by atoms with van der Waals surface area (Å²) in [5, 5.41) is 29.5. The molecule has 2 N–H and O–H groups in total. The molecule has 66 heavy (non-hydrogen) atoms. The van der Waals surface area contributed by atoms with Gasteiger partial charge in [-0.3, -0.25) is 19.3 Å². The molecule has 0 saturated heterocycles. The molecule has 2 aromatic carbocycles. The topological polar surface area (TPSA) is 198 Å². The molecular formula is C46H50F2N12O6. The number of ether oxygens (including phenoxy) is 4. The third-order valence-corrected chi connectivity index (χ3v) is 9.89. The summed E-state index contributed by atoms with van der Waals surface area (Å²) in [5.41, 5.74) is 3.20. The smallest absolute Gasteiger partial charge is 0.190 e. The minimum atomic E-state index is -1.16. The normalized spacial score (nSPS) is 12.0. The highest BCUT2D eigenvalue weighted by atomic mass is 19.1. The fourth-order valence-corrected chi connectivity index (χ4v) is 6.85. The predicted molar refractivity (Wildman–Crippen MR) is 243 cm³/mol. The first-order valence-corrected chi connectivity index (χ1v) is 20.5. The predicted octanol–water partition coefficient (Wildman–Crippen LogP) is 6.48. The minimum Gasteiger partial charge on any atom is -0.497 e. The number of halogens is 2. The van der Waals surface area contributed by atoms with Gasteiger partial charge in [0.1, 0.15) is 39.5 Å². The van der Waals surface area contributed by atoms with Crippen LogP contribution in [0.2, 0.25) is 0 Å². The highest BCUT2D eigenvalue weighted by Gasteiger charge is 2.27. The molecule has 0 unspecified atom stereocenters. The van der Waals surface area contributed by atoms with Crippen LogP contribution in [0.25, 0.3) is 44.8 Å². The van der Waals surface area contributed by atoms with Crippen LogP contribution in [-0.2, 0) is 20.6 Å². The Balaban J connectivity index is 0.000000196. The van der Waals surface area contributed by atoms with E-state index in [1.807, 2.05) is 26.5 Å². The molecule has 8 aromatic rings. The van der Waals surface area contributed by atoms with E-state index in [1.165, 1.54) is 52.7 Å². The summed E-state index contributed by atoms with van der Waals surface area (Å²) in [6.45, 7) is 6.82. The van der Waals surface area contributed by atoms with Gasteiger partial charge in [-0.05, 0) is 52.0 Å². The van der Waals surface area contributed by atoms with Crippen molar-refractivity contribution in [1.82, 2.24) is 49.0 Å². The third-order valence-electron chi connectivity index (χ3n) is 9.89. The molecule has 0 fully saturated rings. The molecule has 8 rings (SSSR count). The number of aryl methyl sites for hydroxylation is 2. The average Bonchev–Trinajstić information content (AvgIpc) is 3.94. The summed E-state index contributed by atoms with van der Waals surface area (Å²) in [6.07, 6.45) is 10.4. The van der Waals surface area contributed by atoms with Crippen molar-refractivity contribution in [3.8, 4) is 45.5 Å². The number of hydrogen-bond acceptors (Lipinski definition) is 15. The van der Waals surface area contributed by atoms with Crippen molar-refractivity contribution >= 4 is 39.5 Å². The fourth-order valence-electron chi connectivity index (χ4n) is 6.85. The number of methoxy groups -OCH3 is 4. The standard InChI is InChI=1S/2C23H25FN6O3/c1-23(2,31)13-30(18-8-15(32-4)9-19(33-5)21(18)24)20-7-6-16-22(28-20)27-17(11-25-16)14-10-26-29(3)12-14;1-23(2,31)13-30-20(27-17-8-15(32-4)9-19(33-5)21(17)24)7-6-16-22(30)28-18(11-25-16)14-10-26-29(3)12-14/h2*6-12,31H,13H2,1-5H3. The van der Waals surface area contributed by atoms with Crippen LogP contribution in [0, 0.1) is 11.6 Å². The lowest BCUT2D eigenvalue weighted by molar-refractivity contribution is 0.0614. The van der Waals surface area contributed by atoms with Crippen LogP contribution >= 0.6 is 0 Å². The van der Waals surface area contributed by atoms with Gasteiger partial charge in [-0.1, -0.05) is 0 Å². The van der Waals surface area contributed by atoms with Gasteiger partial charge in [0.15, 0.2) is 34.4 Å². The zero-order valence-corrected chi connectivity index (χ0v) is 38.1. The molecule has 0 radical (unpaired) electrons. The van der Waals surface area contributed by atoms with Crippen molar-refractivity contribution < 1.29 is 37.9 Å². The lowest BCUT2D eigenvalue weighted by atomic mass is 10.1. The molecule has 0 saturated carbocycles. The van der Waals surface area contributed by atoms with Crippen molar-refractivity contribution in [2.24, 2.45) is 19.1 Å². The van der Waals surface area contributed by atoms with E-state index in [9.17, 15) is 14.6 Å². The van der Waals surface area contributed by atoms with E-state index >= 15 is 4.39 Å². The largest absolute Gasteiger partial charge is 0.497 e. The van der Waals surface area contributed by atoms with Crippen LogP contribution in [0.3, 0.4) is 0 Å². The summed E-state index contributed by atoms with van der Waals surface area (Å²) in [5.74, 6) is 0.00885. The summed E-state index contributed by atoms with van der Waals surface area (Å²) < 4.78 is 56.3. The Morgan fingerprint density at radius 1 is 0.667 bits per heavy atom. The molecule has 344 valence electrons. The van der Waals surface area contributed by atoms with Crippen LogP contribution < -0.4 is 29.3 Å². The molecule has 0 aliphatic rings. The number of fused-ring (bicyclic) bond motifs is 2. The van der Waals surface area contributed by atoms with Crippen LogP contribution in [0.15, 0.2) is 90.7 Å². The van der Waals surface area contributed by atoms with Crippen molar-refractivity contribution in [2.75, 3.05) is 39.9 Å². The maximum Gasteiger partial charge on any atom is 0.190 e. The number of rotatable bonds is 13. The zero-order chi connectivity index (χ0) is 47.5. The van der Waals surface area contributed by atoms with Crippen molar-refractivity contribution in [2.45, 2.75) is 45.4 Å². The Morgan fingerprint density at radius 2 is 1.24 bits per heavy atom. The molecule has 0 aliphatic heterocycles. The molecule has 0 atom stereocenters. The average molecular weight is 905 g/mol. The Kier molecular flexibility index (Phi) is 13.3. The van der Waals surface area contributed by atoms with E-state index < -0.39 is 22.8 Å². The minimum absolute atomic E-state index is 0.0154. The molecule has 6 aromatic heterocycles. The van der Waals surface area contributed by atoms with Crippen LogP contribution in [0.4, 0.5) is 26.0 Å². The van der Waals surface area contributed by atoms with E-state index in [0.717, 1.165) is 11.1 Å². The molecule has 0 aliphatic carbocycles. The van der Waals surface area contributed by atoms with E-state index in [1.54, 1.807) is 95.6 Å². The number of nitrogens with zero attached hydrogens (tertiary/aromatic N) is 12. The zero-order valence-electron chi connectivity index (χ0n) is 38.1. The summed E-state index contributed by atoms with van der Waals surface area (Å²) in [6, 6.07) is 12.8. The lowest BCUT2D eigenvalue weighted by Gasteiger charge is -2.31. The number of aliphatic hydroxyl groups is 2. The van der Waals surface area contributed by atoms with Crippen LogP contribution in [0.1, 0.15) is 27.7 Å². The number of hydrogen-bond donors (Lipinski definition) is 2. The van der Waals surface area contributed by atoms with Gasteiger partial charge in [-0.25, -0.2) is 28.7 Å². The van der Waals surface area contributed by atoms with Gasteiger partial charge in [0.05, 0.1) is 94.6 Å². The van der Waals surface area contributed by atoms with Crippen molar-refractivity contribution in [3.63, 3.8) is 0 Å². The second kappa shape index (κ2) is 18.9. The first kappa shape index (κ1) is 46.4. The maximum absolute atomic E-state index is 15.3. The summed E-state index contributed by atoms with van der Waals surface area (Å²) in [4.78, 5) is 29.1. The summed E-state index contributed by atoms with van der Waals surface area (Å²) >= 11 is 0. The second-order valence-electron chi connectivity index (χ2n) is 16.5. The fraction of sp³-hybridized carbons (Fsp3) is 0.304. The van der Waals surface area contributed by atoms with E-state index in [-0.39, 0.29) is 36.0 Å². The Labute approximate surface area is 378 Å². The Hall–Kier alpha value is -7.58. The Bertz CT molecular complexity index is 3100. The number of benzene rings is 2. The van der Waals surface area contributed by atoms with Gasteiger partial charge in [0.25, 0.3) is 0 Å². The molecule has 20 heteroatoms. The SMILES string of the molecule is COc1cc(N=c2ccc3ncc(-c4cnn(C)c4)nc3n2CC(C)(C)O)c(F)c(OC)c1.COc1cc(OC)c(F)c(N(CC(C)(C)O)c2ccc3ncc(-c4cnn(C)c4)nc3n2)c1. The van der Waals surface area contributed by atoms with E-state index in [4.69, 9.17) is 23.9 Å². The van der Waals surface area contributed by atoms with Gasteiger partial charge >= 0.3 is 0 Å². The van der Waals surface area contributed by atoms with E-state index in [2.05, 4.69) is 35.1 Å². The van der Waals surface area contributed by atoms with Gasteiger partial charge in [-0.15, -0.1) is 0 Å². The molecule has 0 bridgehead atoms. The van der Waals surface area contributed by atoms with Gasteiger partial charge in [0.2, 0.25) is 0 Å². The van der Waals surface area contributed by atoms with Gasteiger partial charge < -0.3 is 38.6 Å².